The number of esters is 1. The summed E-state index contributed by atoms with van der Waals surface area (Å²) in [5.41, 5.74) is 1.15. The lowest BCUT2D eigenvalue weighted by molar-refractivity contribution is -0.384. The second-order valence-electron chi connectivity index (χ2n) is 6.47. The van der Waals surface area contributed by atoms with Crippen LogP contribution in [0.4, 0.5) is 11.4 Å². The predicted molar refractivity (Wildman–Crippen MR) is 103 cm³/mol. The maximum Gasteiger partial charge on any atom is 0.311 e. The van der Waals surface area contributed by atoms with Crippen LogP contribution in [-0.2, 0) is 20.9 Å². The van der Waals surface area contributed by atoms with Gasteiger partial charge < -0.3 is 19.1 Å². The number of amides is 1. The van der Waals surface area contributed by atoms with Gasteiger partial charge in [0.05, 0.1) is 30.7 Å². The van der Waals surface area contributed by atoms with E-state index >= 15 is 0 Å². The van der Waals surface area contributed by atoms with Crippen molar-refractivity contribution >= 4 is 23.3 Å². The summed E-state index contributed by atoms with van der Waals surface area (Å²) in [7, 11) is 3.03. The predicted octanol–water partition coefficient (Wildman–Crippen LogP) is 2.71. The molecule has 3 rings (SSSR count). The molecule has 0 saturated carbocycles. The molecule has 2 aromatic rings. The molecule has 1 unspecified atom stereocenters. The lowest BCUT2D eigenvalue weighted by atomic mass is 10.1. The van der Waals surface area contributed by atoms with Gasteiger partial charge in [-0.05, 0) is 29.8 Å². The molecule has 152 valence electrons. The van der Waals surface area contributed by atoms with Crippen molar-refractivity contribution in [3.05, 3.63) is 58.1 Å². The standard InChI is InChI=1S/C20H20N2O7/c1-27-16-7-8-17(18(10-16)28-2)21-11-14(9-19(21)23)20(24)29-12-13-3-5-15(6-4-13)22(25)26/h3-8,10,14H,9,11-12H2,1-2H3. The van der Waals surface area contributed by atoms with Crippen LogP contribution in [0.3, 0.4) is 0 Å². The van der Waals surface area contributed by atoms with Crippen LogP contribution in [-0.4, -0.2) is 37.6 Å². The van der Waals surface area contributed by atoms with Crippen LogP contribution < -0.4 is 14.4 Å². The Morgan fingerprint density at radius 2 is 1.90 bits per heavy atom. The maximum atomic E-state index is 12.5. The van der Waals surface area contributed by atoms with Gasteiger partial charge in [0.2, 0.25) is 5.91 Å². The third kappa shape index (κ3) is 4.45. The topological polar surface area (TPSA) is 108 Å². The van der Waals surface area contributed by atoms with Crippen molar-refractivity contribution < 1.29 is 28.7 Å². The normalized spacial score (nSPS) is 15.9. The molecule has 0 aliphatic carbocycles. The quantitative estimate of drug-likeness (QED) is 0.399. The van der Waals surface area contributed by atoms with Gasteiger partial charge in [0.25, 0.3) is 5.69 Å². The van der Waals surface area contributed by atoms with Crippen LogP contribution in [0.25, 0.3) is 0 Å². The van der Waals surface area contributed by atoms with Crippen molar-refractivity contribution in [3.8, 4) is 11.5 Å². The van der Waals surface area contributed by atoms with E-state index in [4.69, 9.17) is 14.2 Å². The Balaban J connectivity index is 1.63. The Bertz CT molecular complexity index is 927. The number of benzene rings is 2. The zero-order chi connectivity index (χ0) is 21.0. The van der Waals surface area contributed by atoms with Crippen molar-refractivity contribution in [2.75, 3.05) is 25.7 Å². The van der Waals surface area contributed by atoms with E-state index in [-0.39, 0.29) is 31.2 Å². The minimum absolute atomic E-state index is 0.0205. The van der Waals surface area contributed by atoms with Crippen molar-refractivity contribution in [1.29, 1.82) is 0 Å². The lowest BCUT2D eigenvalue weighted by Gasteiger charge is -2.20. The number of carbonyl (C=O) groups excluding carboxylic acids is 2. The highest BCUT2D eigenvalue weighted by Crippen LogP contribution is 2.36. The molecule has 1 atom stereocenters. The summed E-state index contributed by atoms with van der Waals surface area (Å²) in [5, 5.41) is 10.7. The molecule has 0 spiro atoms. The number of rotatable bonds is 7. The van der Waals surface area contributed by atoms with Gasteiger partial charge in [-0.2, -0.15) is 0 Å². The smallest absolute Gasteiger partial charge is 0.311 e. The number of carbonyl (C=O) groups is 2. The number of nitrogens with zero attached hydrogens (tertiary/aromatic N) is 2. The average Bonchev–Trinajstić information content (AvgIpc) is 3.13. The number of ether oxygens (including phenoxy) is 3. The molecule has 1 fully saturated rings. The van der Waals surface area contributed by atoms with Crippen molar-refractivity contribution in [2.24, 2.45) is 5.92 Å². The SMILES string of the molecule is COc1ccc(N2CC(C(=O)OCc3ccc([N+](=O)[O-])cc3)CC2=O)c(OC)c1. The van der Waals surface area contributed by atoms with E-state index in [0.717, 1.165) is 0 Å². The first-order valence-electron chi connectivity index (χ1n) is 8.85. The molecule has 2 aromatic carbocycles. The Morgan fingerprint density at radius 1 is 1.17 bits per heavy atom. The van der Waals surface area contributed by atoms with Gasteiger partial charge in [-0.15, -0.1) is 0 Å². The van der Waals surface area contributed by atoms with Crippen molar-refractivity contribution in [2.45, 2.75) is 13.0 Å². The number of anilines is 1. The van der Waals surface area contributed by atoms with E-state index in [0.29, 0.717) is 22.7 Å². The first kappa shape index (κ1) is 20.1. The summed E-state index contributed by atoms with van der Waals surface area (Å²) < 4.78 is 15.8. The fourth-order valence-electron chi connectivity index (χ4n) is 3.09. The van der Waals surface area contributed by atoms with E-state index in [1.807, 2.05) is 0 Å². The second kappa shape index (κ2) is 8.59. The molecule has 0 aromatic heterocycles. The van der Waals surface area contributed by atoms with Gasteiger partial charge in [0.1, 0.15) is 18.1 Å². The molecule has 1 heterocycles. The third-order valence-electron chi connectivity index (χ3n) is 4.66. The number of hydrogen-bond donors (Lipinski definition) is 0. The molecule has 1 saturated heterocycles. The monoisotopic (exact) mass is 400 g/mol. The zero-order valence-corrected chi connectivity index (χ0v) is 16.0. The summed E-state index contributed by atoms with van der Waals surface area (Å²) >= 11 is 0. The highest BCUT2D eigenvalue weighted by molar-refractivity contribution is 6.00. The molecule has 0 bridgehead atoms. The Morgan fingerprint density at radius 3 is 2.52 bits per heavy atom. The fraction of sp³-hybridized carbons (Fsp3) is 0.300. The van der Waals surface area contributed by atoms with Crippen LogP contribution in [0.2, 0.25) is 0 Å². The van der Waals surface area contributed by atoms with Crippen LogP contribution in [0.5, 0.6) is 11.5 Å². The van der Waals surface area contributed by atoms with E-state index in [2.05, 4.69) is 0 Å². The Hall–Kier alpha value is -3.62. The minimum atomic E-state index is -0.604. The molecule has 9 nitrogen and oxygen atoms in total. The van der Waals surface area contributed by atoms with Crippen LogP contribution in [0, 0.1) is 16.0 Å². The van der Waals surface area contributed by atoms with E-state index < -0.39 is 16.8 Å². The van der Waals surface area contributed by atoms with Gasteiger partial charge in [-0.3, -0.25) is 19.7 Å². The maximum absolute atomic E-state index is 12.5. The van der Waals surface area contributed by atoms with E-state index in [9.17, 15) is 19.7 Å². The number of methoxy groups -OCH3 is 2. The highest BCUT2D eigenvalue weighted by Gasteiger charge is 2.37. The summed E-state index contributed by atoms with van der Waals surface area (Å²) in [6.45, 7) is 0.161. The Kier molecular flexibility index (Phi) is 5.96. The molecule has 29 heavy (non-hydrogen) atoms. The minimum Gasteiger partial charge on any atom is -0.497 e. The highest BCUT2D eigenvalue weighted by atomic mass is 16.6. The molecular formula is C20H20N2O7. The zero-order valence-electron chi connectivity index (χ0n) is 16.0. The van der Waals surface area contributed by atoms with Gasteiger partial charge in [0.15, 0.2) is 0 Å². The number of nitro groups is 1. The second-order valence-corrected chi connectivity index (χ2v) is 6.47. The van der Waals surface area contributed by atoms with Crippen molar-refractivity contribution in [1.82, 2.24) is 0 Å². The number of hydrogen-bond acceptors (Lipinski definition) is 7. The van der Waals surface area contributed by atoms with Crippen molar-refractivity contribution in [3.63, 3.8) is 0 Å². The molecular weight excluding hydrogens is 380 g/mol. The largest absolute Gasteiger partial charge is 0.497 e. The fourth-order valence-corrected chi connectivity index (χ4v) is 3.09. The molecule has 0 N–H and O–H groups in total. The summed E-state index contributed by atoms with van der Waals surface area (Å²) in [6.07, 6.45) is 0.0360. The van der Waals surface area contributed by atoms with Gasteiger partial charge in [-0.1, -0.05) is 0 Å². The number of nitro benzene ring substituents is 1. The molecule has 0 radical (unpaired) electrons. The first-order chi connectivity index (χ1) is 13.9. The van der Waals surface area contributed by atoms with Crippen LogP contribution in [0.15, 0.2) is 42.5 Å². The van der Waals surface area contributed by atoms with Gasteiger partial charge in [-0.25, -0.2) is 0 Å². The lowest BCUT2D eigenvalue weighted by Crippen LogP contribution is -2.26. The van der Waals surface area contributed by atoms with Gasteiger partial charge in [0, 0.05) is 31.2 Å². The average molecular weight is 400 g/mol. The molecule has 1 aliphatic heterocycles. The van der Waals surface area contributed by atoms with E-state index in [1.165, 1.54) is 43.4 Å². The Labute approximate surface area is 166 Å². The number of non-ortho nitro benzene ring substituents is 1. The van der Waals surface area contributed by atoms with Crippen LogP contribution >= 0.6 is 0 Å². The van der Waals surface area contributed by atoms with Crippen LogP contribution in [0.1, 0.15) is 12.0 Å². The van der Waals surface area contributed by atoms with Gasteiger partial charge >= 0.3 is 5.97 Å². The molecule has 1 aliphatic rings. The summed E-state index contributed by atoms with van der Waals surface area (Å²) in [6, 6.07) is 10.8. The van der Waals surface area contributed by atoms with E-state index in [1.54, 1.807) is 18.2 Å². The third-order valence-corrected chi connectivity index (χ3v) is 4.66. The summed E-state index contributed by atoms with van der Waals surface area (Å²) in [4.78, 5) is 36.5. The first-order valence-corrected chi connectivity index (χ1v) is 8.85. The molecule has 9 heteroatoms. The summed E-state index contributed by atoms with van der Waals surface area (Å²) in [5.74, 6) is -0.237. The molecule has 1 amide bonds.